The van der Waals surface area contributed by atoms with Crippen LogP contribution in [0.15, 0.2) is 58.7 Å². The van der Waals surface area contributed by atoms with Crippen LogP contribution in [0.25, 0.3) is 0 Å². The second-order valence-corrected chi connectivity index (χ2v) is 6.98. The fourth-order valence-corrected chi connectivity index (χ4v) is 2.72. The highest BCUT2D eigenvalue weighted by molar-refractivity contribution is 5.83. The minimum atomic E-state index is -0.162. The van der Waals surface area contributed by atoms with E-state index >= 15 is 0 Å². The molecular formula is C24H30N4O2. The Hall–Kier alpha value is -3.28. The number of unbranched alkanes of at least 4 members (excludes halogenated alkanes) is 1. The van der Waals surface area contributed by atoms with Gasteiger partial charge in [0, 0.05) is 12.8 Å². The van der Waals surface area contributed by atoms with Crippen LogP contribution in [-0.4, -0.2) is 24.2 Å². The molecule has 0 spiro atoms. The fourth-order valence-electron chi connectivity index (χ4n) is 2.72. The van der Waals surface area contributed by atoms with Gasteiger partial charge in [-0.2, -0.15) is 10.2 Å². The molecule has 158 valence electrons. The molecule has 30 heavy (non-hydrogen) atoms. The van der Waals surface area contributed by atoms with E-state index in [2.05, 4.69) is 34.9 Å². The molecule has 0 radical (unpaired) electrons. The Labute approximate surface area is 178 Å². The van der Waals surface area contributed by atoms with Crippen molar-refractivity contribution >= 4 is 24.2 Å². The maximum absolute atomic E-state index is 11.8. The van der Waals surface area contributed by atoms with Crippen LogP contribution in [0.5, 0.6) is 0 Å². The molecule has 6 nitrogen and oxygen atoms in total. The first-order valence-corrected chi connectivity index (χ1v) is 10.4. The standard InChI is InChI=1S/C24H30N4O2/c1-3-19-9-13-21(14-10-19)17-25-27-23(29)7-5-6-8-24(30)28-26-18-22-15-11-20(4-2)12-16-22/h9-18H,3-8H2,1-2H3,(H,27,29)(H,28,30)/b25-17-,26-18-. The van der Waals surface area contributed by atoms with Crippen molar-refractivity contribution < 1.29 is 9.59 Å². The molecule has 2 aromatic rings. The van der Waals surface area contributed by atoms with Gasteiger partial charge in [0.05, 0.1) is 12.4 Å². The van der Waals surface area contributed by atoms with Crippen LogP contribution in [0.1, 0.15) is 61.8 Å². The van der Waals surface area contributed by atoms with Crippen LogP contribution in [0, 0.1) is 0 Å². The molecule has 0 aliphatic heterocycles. The average Bonchev–Trinajstić information content (AvgIpc) is 2.77. The lowest BCUT2D eigenvalue weighted by molar-refractivity contribution is -0.123. The SMILES string of the molecule is CCc1ccc(/C=N\NC(=O)CCCCC(=O)N/N=C\c2ccc(CC)cc2)cc1. The highest BCUT2D eigenvalue weighted by Crippen LogP contribution is 2.04. The van der Waals surface area contributed by atoms with Crippen LogP contribution in [-0.2, 0) is 22.4 Å². The van der Waals surface area contributed by atoms with Crippen molar-refractivity contribution in [2.24, 2.45) is 10.2 Å². The molecule has 0 unspecified atom stereocenters. The Morgan fingerprint density at radius 2 is 1.07 bits per heavy atom. The molecule has 2 N–H and O–H groups in total. The van der Waals surface area contributed by atoms with E-state index in [-0.39, 0.29) is 11.8 Å². The van der Waals surface area contributed by atoms with E-state index in [4.69, 9.17) is 0 Å². The summed E-state index contributed by atoms with van der Waals surface area (Å²) < 4.78 is 0. The van der Waals surface area contributed by atoms with Gasteiger partial charge in [-0.15, -0.1) is 0 Å². The molecule has 6 heteroatoms. The number of hydrogen-bond acceptors (Lipinski definition) is 4. The molecular weight excluding hydrogens is 376 g/mol. The molecule has 2 amide bonds. The Morgan fingerprint density at radius 3 is 1.40 bits per heavy atom. The molecule has 0 atom stereocenters. The summed E-state index contributed by atoms with van der Waals surface area (Å²) in [6, 6.07) is 16.0. The van der Waals surface area contributed by atoms with E-state index in [9.17, 15) is 9.59 Å². The number of aryl methyl sites for hydroxylation is 2. The third kappa shape index (κ3) is 8.82. The van der Waals surface area contributed by atoms with Gasteiger partial charge in [0.15, 0.2) is 0 Å². The average molecular weight is 407 g/mol. The summed E-state index contributed by atoms with van der Waals surface area (Å²) in [5.74, 6) is -0.323. The number of carbonyl (C=O) groups is 2. The fraction of sp³-hybridized carbons (Fsp3) is 0.333. The topological polar surface area (TPSA) is 82.9 Å². The summed E-state index contributed by atoms with van der Waals surface area (Å²) in [5, 5.41) is 7.94. The number of nitrogens with one attached hydrogen (secondary N) is 2. The van der Waals surface area contributed by atoms with Crippen LogP contribution in [0.2, 0.25) is 0 Å². The van der Waals surface area contributed by atoms with E-state index in [1.54, 1.807) is 12.4 Å². The first kappa shape index (κ1) is 23.0. The second-order valence-electron chi connectivity index (χ2n) is 6.98. The van der Waals surface area contributed by atoms with E-state index in [1.807, 2.05) is 48.5 Å². The van der Waals surface area contributed by atoms with Crippen molar-refractivity contribution in [3.05, 3.63) is 70.8 Å². The quantitative estimate of drug-likeness (QED) is 0.336. The van der Waals surface area contributed by atoms with Gasteiger partial charge in [-0.05, 0) is 47.9 Å². The zero-order chi connectivity index (χ0) is 21.6. The molecule has 2 rings (SSSR count). The number of hydrazone groups is 2. The number of carbonyl (C=O) groups excluding carboxylic acids is 2. The summed E-state index contributed by atoms with van der Waals surface area (Å²) in [6.45, 7) is 4.21. The van der Waals surface area contributed by atoms with Gasteiger partial charge >= 0.3 is 0 Å². The van der Waals surface area contributed by atoms with Crippen LogP contribution >= 0.6 is 0 Å². The van der Waals surface area contributed by atoms with Gasteiger partial charge in [0.1, 0.15) is 0 Å². The largest absolute Gasteiger partial charge is 0.273 e. The molecule has 0 saturated carbocycles. The summed E-state index contributed by atoms with van der Waals surface area (Å²) in [7, 11) is 0. The zero-order valence-electron chi connectivity index (χ0n) is 17.7. The van der Waals surface area contributed by atoms with E-state index in [1.165, 1.54) is 11.1 Å². The van der Waals surface area contributed by atoms with E-state index in [0.717, 1.165) is 24.0 Å². The Bertz CT molecular complexity index is 782. The molecule has 0 aliphatic carbocycles. The van der Waals surface area contributed by atoms with E-state index < -0.39 is 0 Å². The lowest BCUT2D eigenvalue weighted by atomic mass is 10.1. The summed E-state index contributed by atoms with van der Waals surface area (Å²) in [4.78, 5) is 23.6. The maximum atomic E-state index is 11.8. The minimum absolute atomic E-state index is 0.162. The molecule has 0 bridgehead atoms. The Kier molecular flexibility index (Phi) is 10.00. The van der Waals surface area contributed by atoms with Gasteiger partial charge in [-0.25, -0.2) is 10.9 Å². The van der Waals surface area contributed by atoms with E-state index in [0.29, 0.717) is 25.7 Å². The molecule has 0 aliphatic rings. The number of rotatable bonds is 11. The van der Waals surface area contributed by atoms with Crippen molar-refractivity contribution in [1.82, 2.24) is 10.9 Å². The van der Waals surface area contributed by atoms with Crippen molar-refractivity contribution in [1.29, 1.82) is 0 Å². The lowest BCUT2D eigenvalue weighted by Gasteiger charge is -2.01. The predicted octanol–water partition coefficient (Wildman–Crippen LogP) is 3.97. The number of nitrogens with zero attached hydrogens (tertiary/aromatic N) is 2. The zero-order valence-corrected chi connectivity index (χ0v) is 17.7. The minimum Gasteiger partial charge on any atom is -0.273 e. The molecule has 2 aromatic carbocycles. The third-order valence-electron chi connectivity index (χ3n) is 4.64. The highest BCUT2D eigenvalue weighted by atomic mass is 16.2. The number of amides is 2. The molecule has 0 fully saturated rings. The van der Waals surface area contributed by atoms with Crippen molar-refractivity contribution in [3.63, 3.8) is 0 Å². The van der Waals surface area contributed by atoms with Crippen LogP contribution < -0.4 is 10.9 Å². The monoisotopic (exact) mass is 406 g/mol. The summed E-state index contributed by atoms with van der Waals surface area (Å²) in [5.41, 5.74) is 9.42. The Morgan fingerprint density at radius 1 is 0.700 bits per heavy atom. The highest BCUT2D eigenvalue weighted by Gasteiger charge is 2.03. The number of hydrogen-bond donors (Lipinski definition) is 2. The predicted molar refractivity (Wildman–Crippen MR) is 122 cm³/mol. The first-order chi connectivity index (χ1) is 14.6. The maximum Gasteiger partial charge on any atom is 0.240 e. The van der Waals surface area contributed by atoms with Crippen molar-refractivity contribution in [3.8, 4) is 0 Å². The molecule has 0 saturated heterocycles. The summed E-state index contributed by atoms with van der Waals surface area (Å²) in [6.07, 6.45) is 7.11. The third-order valence-corrected chi connectivity index (χ3v) is 4.64. The molecule has 0 heterocycles. The summed E-state index contributed by atoms with van der Waals surface area (Å²) >= 11 is 0. The number of benzene rings is 2. The van der Waals surface area contributed by atoms with Gasteiger partial charge in [-0.1, -0.05) is 62.4 Å². The normalized spacial score (nSPS) is 11.1. The van der Waals surface area contributed by atoms with Crippen molar-refractivity contribution in [2.75, 3.05) is 0 Å². The second kappa shape index (κ2) is 13.0. The Balaban J connectivity index is 1.58. The van der Waals surface area contributed by atoms with Gasteiger partial charge < -0.3 is 0 Å². The first-order valence-electron chi connectivity index (χ1n) is 10.4. The molecule has 0 aromatic heterocycles. The van der Waals surface area contributed by atoms with Crippen molar-refractivity contribution in [2.45, 2.75) is 52.4 Å². The van der Waals surface area contributed by atoms with Gasteiger partial charge in [0.2, 0.25) is 11.8 Å². The van der Waals surface area contributed by atoms with Gasteiger partial charge in [0.25, 0.3) is 0 Å². The lowest BCUT2D eigenvalue weighted by Crippen LogP contribution is -2.19. The van der Waals surface area contributed by atoms with Crippen LogP contribution in [0.3, 0.4) is 0 Å². The van der Waals surface area contributed by atoms with Gasteiger partial charge in [-0.3, -0.25) is 9.59 Å². The smallest absolute Gasteiger partial charge is 0.240 e. The van der Waals surface area contributed by atoms with Crippen LogP contribution in [0.4, 0.5) is 0 Å².